The number of quaternary nitrogens is 1. The van der Waals surface area contributed by atoms with Crippen molar-refractivity contribution in [2.45, 2.75) is 38.3 Å². The van der Waals surface area contributed by atoms with Crippen LogP contribution in [0.25, 0.3) is 10.9 Å². The number of halogens is 1. The molecule has 3 heterocycles. The van der Waals surface area contributed by atoms with Crippen LogP contribution >= 0.6 is 0 Å². The van der Waals surface area contributed by atoms with Gasteiger partial charge in [0.2, 0.25) is 5.82 Å². The third kappa shape index (κ3) is 4.81. The molecule has 9 nitrogen and oxygen atoms in total. The summed E-state index contributed by atoms with van der Waals surface area (Å²) in [7, 11) is 3.15. The lowest BCUT2D eigenvalue weighted by Gasteiger charge is -2.26. The molecule has 2 aromatic carbocycles. The normalized spacial score (nSPS) is 15.5. The molecule has 0 saturated carbocycles. The highest BCUT2D eigenvalue weighted by atomic mass is 19.1. The number of likely N-dealkylation sites (tertiary alicyclic amines) is 1. The van der Waals surface area contributed by atoms with Crippen molar-refractivity contribution >= 4 is 10.9 Å². The van der Waals surface area contributed by atoms with Gasteiger partial charge in [-0.05, 0) is 65.9 Å². The fraction of sp³-hybridized carbons (Fsp3) is 0.385. The third-order valence-corrected chi connectivity index (χ3v) is 6.91. The Hall–Kier alpha value is -3.79. The highest BCUT2D eigenvalue weighted by Gasteiger charge is 2.34. The number of fused-ring (bicyclic) bond motifs is 1. The van der Waals surface area contributed by atoms with E-state index in [1.807, 2.05) is 12.1 Å². The Kier molecular flexibility index (Phi) is 6.95. The Balaban J connectivity index is 1.63. The predicted octanol–water partition coefficient (Wildman–Crippen LogP) is 2.27. The van der Waals surface area contributed by atoms with E-state index in [-0.39, 0.29) is 17.4 Å². The van der Waals surface area contributed by atoms with Gasteiger partial charge in [0.1, 0.15) is 5.82 Å². The standard InChI is InChI=1S/C26H29FN6O3/c1-35-22-14-18-13-20(26(34)28-21(18)15-23(22)36-2)24(32-11-5-3-4-6-12-32)25-29-30-31-33(25)16-17-7-9-19(27)10-8-17/h7-10,13-15,24H,3-6,11-12,16H2,1-2H3,(H,28,34)/p+1/t24-/m1/s1. The Labute approximate surface area is 207 Å². The molecular formula is C26H30FN6O3+. The summed E-state index contributed by atoms with van der Waals surface area (Å²) in [6, 6.07) is 11.5. The number of aromatic amines is 1. The minimum Gasteiger partial charge on any atom is -0.493 e. The first-order valence-electron chi connectivity index (χ1n) is 12.2. The average Bonchev–Trinajstić information content (AvgIpc) is 3.16. The number of hydrogen-bond donors (Lipinski definition) is 2. The van der Waals surface area contributed by atoms with Crippen molar-refractivity contribution in [3.63, 3.8) is 0 Å². The van der Waals surface area contributed by atoms with Gasteiger partial charge < -0.3 is 19.4 Å². The van der Waals surface area contributed by atoms with Crippen LogP contribution in [0.1, 0.15) is 48.7 Å². The lowest BCUT2D eigenvalue weighted by Crippen LogP contribution is -3.12. The molecule has 36 heavy (non-hydrogen) atoms. The number of H-pyrrole nitrogens is 1. The molecule has 2 N–H and O–H groups in total. The highest BCUT2D eigenvalue weighted by molar-refractivity contribution is 5.83. The van der Waals surface area contributed by atoms with E-state index in [1.165, 1.54) is 29.9 Å². The molecular weight excluding hydrogens is 463 g/mol. The number of aromatic nitrogens is 5. The van der Waals surface area contributed by atoms with Crippen LogP contribution < -0.4 is 19.9 Å². The first-order chi connectivity index (χ1) is 17.6. The minimum atomic E-state index is -0.361. The Bertz CT molecular complexity index is 1390. The van der Waals surface area contributed by atoms with Gasteiger partial charge in [-0.25, -0.2) is 9.07 Å². The number of ether oxygens (including phenoxy) is 2. The summed E-state index contributed by atoms with van der Waals surface area (Å²) < 4.78 is 26.1. The maximum absolute atomic E-state index is 13.5. The van der Waals surface area contributed by atoms with Crippen LogP contribution in [0.2, 0.25) is 0 Å². The van der Waals surface area contributed by atoms with Crippen molar-refractivity contribution in [3.8, 4) is 11.5 Å². The van der Waals surface area contributed by atoms with E-state index < -0.39 is 0 Å². The average molecular weight is 494 g/mol. The topological polar surface area (TPSA) is 99.4 Å². The molecule has 1 aliphatic heterocycles. The molecule has 5 rings (SSSR count). The molecule has 0 bridgehead atoms. The molecule has 0 radical (unpaired) electrons. The van der Waals surface area contributed by atoms with Gasteiger partial charge in [-0.15, -0.1) is 5.10 Å². The molecule has 2 aromatic heterocycles. The molecule has 0 amide bonds. The zero-order valence-corrected chi connectivity index (χ0v) is 20.5. The second-order valence-electron chi connectivity index (χ2n) is 9.17. The van der Waals surface area contributed by atoms with E-state index in [2.05, 4.69) is 20.5 Å². The van der Waals surface area contributed by atoms with E-state index in [1.54, 1.807) is 37.1 Å². The molecule has 188 valence electrons. The van der Waals surface area contributed by atoms with Crippen molar-refractivity contribution < 1.29 is 18.8 Å². The summed E-state index contributed by atoms with van der Waals surface area (Å²) in [6.07, 6.45) is 4.48. The van der Waals surface area contributed by atoms with Crippen molar-refractivity contribution in [2.75, 3.05) is 27.3 Å². The van der Waals surface area contributed by atoms with Gasteiger partial charge >= 0.3 is 0 Å². The summed E-state index contributed by atoms with van der Waals surface area (Å²) in [5.41, 5.74) is 1.95. The van der Waals surface area contributed by atoms with Crippen LogP contribution in [-0.4, -0.2) is 52.5 Å². The van der Waals surface area contributed by atoms with E-state index in [9.17, 15) is 9.18 Å². The van der Waals surface area contributed by atoms with Crippen LogP contribution in [0.5, 0.6) is 11.5 Å². The number of rotatable bonds is 7. The molecule has 0 unspecified atom stereocenters. The summed E-state index contributed by atoms with van der Waals surface area (Å²) in [6.45, 7) is 2.21. The third-order valence-electron chi connectivity index (χ3n) is 6.91. The monoisotopic (exact) mass is 493 g/mol. The predicted molar refractivity (Wildman–Crippen MR) is 132 cm³/mol. The number of pyridine rings is 1. The summed E-state index contributed by atoms with van der Waals surface area (Å²) in [4.78, 5) is 17.8. The maximum atomic E-state index is 13.5. The fourth-order valence-corrected chi connectivity index (χ4v) is 5.07. The zero-order chi connectivity index (χ0) is 25.1. The summed E-state index contributed by atoms with van der Waals surface area (Å²) >= 11 is 0. The van der Waals surface area contributed by atoms with Crippen molar-refractivity contribution in [3.05, 3.63) is 75.6 Å². The van der Waals surface area contributed by atoms with Gasteiger partial charge in [-0.1, -0.05) is 12.1 Å². The molecule has 0 spiro atoms. The van der Waals surface area contributed by atoms with Gasteiger partial charge in [0.05, 0.1) is 44.9 Å². The number of nitrogens with one attached hydrogen (secondary N) is 2. The first-order valence-corrected chi connectivity index (χ1v) is 12.2. The highest BCUT2D eigenvalue weighted by Crippen LogP contribution is 2.32. The van der Waals surface area contributed by atoms with Crippen LogP contribution in [0.15, 0.2) is 47.3 Å². The largest absolute Gasteiger partial charge is 0.493 e. The second kappa shape index (κ2) is 10.4. The zero-order valence-electron chi connectivity index (χ0n) is 20.5. The van der Waals surface area contributed by atoms with Crippen LogP contribution in [0.3, 0.4) is 0 Å². The second-order valence-corrected chi connectivity index (χ2v) is 9.17. The van der Waals surface area contributed by atoms with Gasteiger partial charge in [-0.2, -0.15) is 0 Å². The summed E-state index contributed by atoms with van der Waals surface area (Å²) in [5.74, 6) is 1.45. The van der Waals surface area contributed by atoms with Crippen LogP contribution in [0, 0.1) is 5.82 Å². The Morgan fingerprint density at radius 2 is 1.72 bits per heavy atom. The van der Waals surface area contributed by atoms with Gasteiger partial charge in [0.25, 0.3) is 5.56 Å². The number of tetrazole rings is 1. The minimum absolute atomic E-state index is 0.187. The number of benzene rings is 2. The molecule has 4 aromatic rings. The van der Waals surface area contributed by atoms with Crippen molar-refractivity contribution in [1.29, 1.82) is 0 Å². The van der Waals surface area contributed by atoms with E-state index >= 15 is 0 Å². The SMILES string of the molecule is COc1cc2cc([C@H](c3nnnn3Cc3ccc(F)cc3)[NH+]3CCCCCC3)c(=O)[nH]c2cc1OC. The molecule has 1 fully saturated rings. The molecule has 1 atom stereocenters. The quantitative estimate of drug-likeness (QED) is 0.410. The number of hydrogen-bond acceptors (Lipinski definition) is 6. The molecule has 1 aliphatic rings. The van der Waals surface area contributed by atoms with Gasteiger partial charge in [0.15, 0.2) is 17.5 Å². The smallest absolute Gasteiger partial charge is 0.258 e. The maximum Gasteiger partial charge on any atom is 0.258 e. The summed E-state index contributed by atoms with van der Waals surface area (Å²) in [5, 5.41) is 13.4. The number of methoxy groups -OCH3 is 2. The Morgan fingerprint density at radius 1 is 1.03 bits per heavy atom. The molecule has 1 saturated heterocycles. The lowest BCUT2D eigenvalue weighted by atomic mass is 10.0. The lowest BCUT2D eigenvalue weighted by molar-refractivity contribution is -0.925. The van der Waals surface area contributed by atoms with E-state index in [4.69, 9.17) is 9.47 Å². The van der Waals surface area contributed by atoms with Crippen LogP contribution in [-0.2, 0) is 6.54 Å². The number of nitrogens with zero attached hydrogens (tertiary/aromatic N) is 4. The molecule has 10 heteroatoms. The van der Waals surface area contributed by atoms with Crippen molar-refractivity contribution in [2.24, 2.45) is 0 Å². The van der Waals surface area contributed by atoms with Crippen LogP contribution in [0.4, 0.5) is 4.39 Å². The van der Waals surface area contributed by atoms with E-state index in [0.29, 0.717) is 34.9 Å². The fourth-order valence-electron chi connectivity index (χ4n) is 5.07. The Morgan fingerprint density at radius 3 is 2.42 bits per heavy atom. The molecule has 0 aliphatic carbocycles. The van der Waals surface area contributed by atoms with E-state index in [0.717, 1.165) is 36.9 Å². The van der Waals surface area contributed by atoms with Gasteiger partial charge in [-0.3, -0.25) is 4.79 Å². The van der Waals surface area contributed by atoms with Gasteiger partial charge in [0, 0.05) is 11.5 Å². The van der Waals surface area contributed by atoms with Crippen molar-refractivity contribution in [1.82, 2.24) is 25.2 Å². The first kappa shape index (κ1) is 23.9.